The van der Waals surface area contributed by atoms with Crippen molar-refractivity contribution in [3.05, 3.63) is 21.9 Å². The Kier molecular flexibility index (Phi) is 7.60. The van der Waals surface area contributed by atoms with Gasteiger partial charge in [0.15, 0.2) is 0 Å². The smallest absolute Gasteiger partial charge is 0.261 e. The summed E-state index contributed by atoms with van der Waals surface area (Å²) < 4.78 is 30.3. The van der Waals surface area contributed by atoms with Crippen LogP contribution in [-0.4, -0.2) is 69.9 Å². The van der Waals surface area contributed by atoms with Crippen molar-refractivity contribution in [1.82, 2.24) is 14.9 Å². The molecule has 1 amide bonds. The number of carbonyl (C=O) groups excluding carboxylic acids is 1. The van der Waals surface area contributed by atoms with E-state index in [0.717, 1.165) is 24.2 Å². The zero-order valence-corrected chi connectivity index (χ0v) is 17.5. The molecule has 0 aliphatic carbocycles. The molecule has 3 unspecified atom stereocenters. The summed E-state index contributed by atoms with van der Waals surface area (Å²) in [5.41, 5.74) is 0. The van der Waals surface area contributed by atoms with Crippen molar-refractivity contribution in [1.29, 1.82) is 0 Å². The molecule has 7 nitrogen and oxygen atoms in total. The van der Waals surface area contributed by atoms with Crippen LogP contribution in [0.3, 0.4) is 0 Å². The first-order chi connectivity index (χ1) is 12.1. The Morgan fingerprint density at radius 2 is 2.00 bits per heavy atom. The molecule has 0 radical (unpaired) electrons. The van der Waals surface area contributed by atoms with Crippen LogP contribution in [-0.2, 0) is 21.2 Å². The first kappa shape index (κ1) is 21.3. The largest absolute Gasteiger partial charge is 0.373 e. The van der Waals surface area contributed by atoms with Gasteiger partial charge in [-0.3, -0.25) is 9.69 Å². The van der Waals surface area contributed by atoms with E-state index >= 15 is 0 Å². The summed E-state index contributed by atoms with van der Waals surface area (Å²) in [5, 5.41) is 3.00. The molecule has 1 aliphatic rings. The second-order valence-electron chi connectivity index (χ2n) is 6.95. The lowest BCUT2D eigenvalue weighted by molar-refractivity contribution is -0.0778. The number of rotatable bonds is 8. The van der Waals surface area contributed by atoms with Gasteiger partial charge in [0, 0.05) is 37.1 Å². The standard InChI is InChI=1S/C17H29N3O4S2/c1-12(20-10-13(2)24-14(3)11-20)9-18-17(21)16-6-5-15(25-16)7-8-19-26(4,22)23/h5-6,12-14,19H,7-11H2,1-4H3,(H,18,21). The number of thiophene rings is 1. The van der Waals surface area contributed by atoms with Gasteiger partial charge in [0.05, 0.1) is 23.3 Å². The van der Waals surface area contributed by atoms with Crippen molar-refractivity contribution in [2.45, 2.75) is 45.4 Å². The van der Waals surface area contributed by atoms with Gasteiger partial charge < -0.3 is 10.1 Å². The van der Waals surface area contributed by atoms with Gasteiger partial charge in [-0.2, -0.15) is 0 Å². The molecular formula is C17H29N3O4S2. The lowest BCUT2D eigenvalue weighted by Crippen LogP contribution is -2.52. The molecule has 0 saturated carbocycles. The minimum atomic E-state index is -3.18. The highest BCUT2D eigenvalue weighted by molar-refractivity contribution is 7.88. The monoisotopic (exact) mass is 403 g/mol. The van der Waals surface area contributed by atoms with E-state index in [0.29, 0.717) is 24.4 Å². The van der Waals surface area contributed by atoms with Crippen LogP contribution in [0.2, 0.25) is 0 Å². The Bertz CT molecular complexity index is 695. The molecule has 2 N–H and O–H groups in total. The number of sulfonamides is 1. The summed E-state index contributed by atoms with van der Waals surface area (Å²) in [4.78, 5) is 16.3. The molecule has 3 atom stereocenters. The van der Waals surface area contributed by atoms with Crippen molar-refractivity contribution in [3.63, 3.8) is 0 Å². The summed E-state index contributed by atoms with van der Waals surface area (Å²) in [5.74, 6) is -0.0847. The third kappa shape index (κ3) is 6.96. The number of ether oxygens (including phenoxy) is 1. The van der Waals surface area contributed by atoms with E-state index in [-0.39, 0.29) is 24.2 Å². The Labute approximate surface area is 160 Å². The van der Waals surface area contributed by atoms with Crippen LogP contribution in [0.15, 0.2) is 12.1 Å². The Morgan fingerprint density at radius 1 is 1.35 bits per heavy atom. The minimum absolute atomic E-state index is 0.0847. The van der Waals surface area contributed by atoms with Crippen LogP contribution in [0.4, 0.5) is 0 Å². The van der Waals surface area contributed by atoms with Gasteiger partial charge >= 0.3 is 0 Å². The van der Waals surface area contributed by atoms with Crippen LogP contribution < -0.4 is 10.0 Å². The van der Waals surface area contributed by atoms with Crippen molar-refractivity contribution in [2.75, 3.05) is 32.4 Å². The molecule has 0 bridgehead atoms. The van der Waals surface area contributed by atoms with Gasteiger partial charge in [-0.15, -0.1) is 11.3 Å². The maximum atomic E-state index is 12.4. The highest BCUT2D eigenvalue weighted by atomic mass is 32.2. The molecule has 26 heavy (non-hydrogen) atoms. The van der Waals surface area contributed by atoms with E-state index in [2.05, 4.69) is 35.7 Å². The number of hydrogen-bond donors (Lipinski definition) is 2. The molecule has 148 valence electrons. The summed E-state index contributed by atoms with van der Waals surface area (Å²) >= 11 is 1.40. The topological polar surface area (TPSA) is 87.7 Å². The molecule has 1 fully saturated rings. The van der Waals surface area contributed by atoms with Gasteiger partial charge in [0.25, 0.3) is 5.91 Å². The van der Waals surface area contributed by atoms with Crippen molar-refractivity contribution in [3.8, 4) is 0 Å². The van der Waals surface area contributed by atoms with Gasteiger partial charge in [-0.05, 0) is 39.3 Å². The van der Waals surface area contributed by atoms with Crippen molar-refractivity contribution >= 4 is 27.3 Å². The molecule has 1 saturated heterocycles. The predicted octanol–water partition coefficient (Wildman–Crippen LogP) is 1.07. The van der Waals surface area contributed by atoms with Crippen LogP contribution in [0.5, 0.6) is 0 Å². The average Bonchev–Trinajstić information content (AvgIpc) is 2.99. The zero-order valence-electron chi connectivity index (χ0n) is 15.8. The fourth-order valence-corrected chi connectivity index (χ4v) is 4.42. The highest BCUT2D eigenvalue weighted by Gasteiger charge is 2.26. The molecular weight excluding hydrogens is 374 g/mol. The number of morpholine rings is 1. The summed E-state index contributed by atoms with van der Waals surface area (Å²) in [6.45, 7) is 8.92. The summed E-state index contributed by atoms with van der Waals surface area (Å²) in [6, 6.07) is 3.91. The molecule has 1 aromatic heterocycles. The summed E-state index contributed by atoms with van der Waals surface area (Å²) in [7, 11) is -3.18. The van der Waals surface area contributed by atoms with E-state index < -0.39 is 10.0 Å². The van der Waals surface area contributed by atoms with Crippen molar-refractivity contribution < 1.29 is 17.9 Å². The molecule has 9 heteroatoms. The average molecular weight is 404 g/mol. The molecule has 0 spiro atoms. The Hall–Kier alpha value is -1.00. The highest BCUT2D eigenvalue weighted by Crippen LogP contribution is 2.17. The van der Waals surface area contributed by atoms with E-state index in [4.69, 9.17) is 4.74 Å². The van der Waals surface area contributed by atoms with Gasteiger partial charge in [-0.1, -0.05) is 0 Å². The first-order valence-corrected chi connectivity index (χ1v) is 11.6. The maximum Gasteiger partial charge on any atom is 0.261 e. The second kappa shape index (κ2) is 9.27. The van der Waals surface area contributed by atoms with E-state index in [1.807, 2.05) is 6.07 Å². The Balaban J connectivity index is 1.79. The molecule has 2 rings (SSSR count). The number of hydrogen-bond acceptors (Lipinski definition) is 6. The molecule has 1 aromatic rings. The number of nitrogens with one attached hydrogen (secondary N) is 2. The van der Waals surface area contributed by atoms with Crippen LogP contribution in [0.25, 0.3) is 0 Å². The number of carbonyl (C=O) groups is 1. The normalized spacial score (nSPS) is 22.9. The van der Waals surface area contributed by atoms with E-state index in [1.165, 1.54) is 11.3 Å². The van der Waals surface area contributed by atoms with Crippen LogP contribution in [0, 0.1) is 0 Å². The predicted molar refractivity (Wildman–Crippen MR) is 104 cm³/mol. The van der Waals surface area contributed by atoms with Gasteiger partial charge in [0.2, 0.25) is 10.0 Å². The van der Waals surface area contributed by atoms with Crippen molar-refractivity contribution in [2.24, 2.45) is 0 Å². The van der Waals surface area contributed by atoms with Crippen LogP contribution in [0.1, 0.15) is 35.3 Å². The third-order valence-corrected chi connectivity index (χ3v) is 6.12. The van der Waals surface area contributed by atoms with Gasteiger partial charge in [-0.25, -0.2) is 13.1 Å². The molecule has 2 heterocycles. The summed E-state index contributed by atoms with van der Waals surface area (Å²) in [6.07, 6.45) is 2.12. The fourth-order valence-electron chi connectivity index (χ4n) is 3.03. The number of amides is 1. The quantitative estimate of drug-likeness (QED) is 0.678. The van der Waals surface area contributed by atoms with Gasteiger partial charge in [0.1, 0.15) is 0 Å². The Morgan fingerprint density at radius 3 is 2.62 bits per heavy atom. The maximum absolute atomic E-state index is 12.4. The third-order valence-electron chi connectivity index (χ3n) is 4.25. The van der Waals surface area contributed by atoms with E-state index in [9.17, 15) is 13.2 Å². The second-order valence-corrected chi connectivity index (χ2v) is 9.95. The number of nitrogens with zero attached hydrogens (tertiary/aromatic N) is 1. The minimum Gasteiger partial charge on any atom is -0.373 e. The zero-order chi connectivity index (χ0) is 19.3. The van der Waals surface area contributed by atoms with E-state index in [1.54, 1.807) is 6.07 Å². The first-order valence-electron chi connectivity index (χ1n) is 8.85. The lowest BCUT2D eigenvalue weighted by atomic mass is 10.1. The SMILES string of the molecule is CC1CN(C(C)CNC(=O)c2ccc(CCNS(C)(=O)=O)s2)CC(C)O1. The molecule has 1 aliphatic heterocycles. The molecule has 0 aromatic carbocycles. The fraction of sp³-hybridized carbons (Fsp3) is 0.706. The lowest BCUT2D eigenvalue weighted by Gasteiger charge is -2.38. The van der Waals surface area contributed by atoms with Crippen LogP contribution >= 0.6 is 11.3 Å².